The number of hydrogen-bond acceptors (Lipinski definition) is 2. The van der Waals surface area contributed by atoms with E-state index >= 15 is 0 Å². The molecule has 0 aliphatic heterocycles. The standard InChI is InChI=1S/C27H33F3O2/c1-25-11-9-20(31)15-19(25)7-8-21-22(25)10-12-26(2)23(21)14-17(24(26)32)13-16-3-5-18(6-4-16)27(28,29)30/h3-6,13,19-23,31H,7-12,14-15H2,1-2H3/b17-13+/t19-,20-,21+,22-,23-,25-,26-/m0/s1. The molecule has 0 amide bonds. The first-order valence-electron chi connectivity index (χ1n) is 12.1. The van der Waals surface area contributed by atoms with Crippen molar-refractivity contribution in [2.75, 3.05) is 0 Å². The molecule has 0 aromatic heterocycles. The highest BCUT2D eigenvalue weighted by Gasteiger charge is 2.61. The smallest absolute Gasteiger partial charge is 0.393 e. The number of benzene rings is 1. The van der Waals surface area contributed by atoms with Crippen molar-refractivity contribution < 1.29 is 23.1 Å². The highest BCUT2D eigenvalue weighted by Crippen LogP contribution is 2.66. The number of halogens is 3. The molecule has 5 rings (SSSR count). The summed E-state index contributed by atoms with van der Waals surface area (Å²) in [6, 6.07) is 5.12. The zero-order valence-corrected chi connectivity index (χ0v) is 18.9. The summed E-state index contributed by atoms with van der Waals surface area (Å²) in [6.07, 6.45) is 5.15. The molecule has 0 radical (unpaired) electrons. The number of allylic oxidation sites excluding steroid dienone is 1. The van der Waals surface area contributed by atoms with Crippen LogP contribution in [0.2, 0.25) is 0 Å². The molecular weight excluding hydrogens is 413 g/mol. The number of ketones is 1. The number of rotatable bonds is 1. The minimum absolute atomic E-state index is 0.162. The maximum atomic E-state index is 13.5. The van der Waals surface area contributed by atoms with Gasteiger partial charge in [0.25, 0.3) is 0 Å². The number of fused-ring (bicyclic) bond motifs is 5. The Balaban J connectivity index is 1.41. The van der Waals surface area contributed by atoms with Crippen molar-refractivity contribution in [2.45, 2.75) is 77.5 Å². The van der Waals surface area contributed by atoms with Gasteiger partial charge in [0.2, 0.25) is 0 Å². The maximum Gasteiger partial charge on any atom is 0.416 e. The summed E-state index contributed by atoms with van der Waals surface area (Å²) in [5.74, 6) is 2.22. The predicted molar refractivity (Wildman–Crippen MR) is 118 cm³/mol. The lowest BCUT2D eigenvalue weighted by molar-refractivity contribution is -0.141. The lowest BCUT2D eigenvalue weighted by Gasteiger charge is -2.59. The van der Waals surface area contributed by atoms with Crippen molar-refractivity contribution in [1.82, 2.24) is 0 Å². The van der Waals surface area contributed by atoms with Crippen molar-refractivity contribution in [2.24, 2.45) is 34.5 Å². The molecule has 2 nitrogen and oxygen atoms in total. The number of hydrogen-bond donors (Lipinski definition) is 1. The summed E-state index contributed by atoms with van der Waals surface area (Å²) >= 11 is 0. The second kappa shape index (κ2) is 7.44. The van der Waals surface area contributed by atoms with Crippen molar-refractivity contribution in [3.63, 3.8) is 0 Å². The van der Waals surface area contributed by atoms with Gasteiger partial charge in [0, 0.05) is 5.41 Å². The summed E-state index contributed by atoms with van der Waals surface area (Å²) in [5, 5.41) is 10.2. The number of aliphatic hydroxyl groups is 1. The van der Waals surface area contributed by atoms with E-state index in [-0.39, 0.29) is 22.7 Å². The highest BCUT2D eigenvalue weighted by atomic mass is 19.4. The van der Waals surface area contributed by atoms with Crippen LogP contribution in [0.3, 0.4) is 0 Å². The van der Waals surface area contributed by atoms with Crippen LogP contribution >= 0.6 is 0 Å². The Bertz CT molecular complexity index is 933. The zero-order valence-electron chi connectivity index (χ0n) is 18.9. The molecule has 0 bridgehead atoms. The fourth-order valence-corrected chi connectivity index (χ4v) is 8.00. The Morgan fingerprint density at radius 2 is 1.72 bits per heavy atom. The Labute approximate surface area is 188 Å². The average molecular weight is 447 g/mol. The summed E-state index contributed by atoms with van der Waals surface area (Å²) in [4.78, 5) is 13.5. The van der Waals surface area contributed by atoms with Gasteiger partial charge in [-0.05, 0) is 110 Å². The van der Waals surface area contributed by atoms with E-state index in [1.807, 2.05) is 6.08 Å². The number of aliphatic hydroxyl groups excluding tert-OH is 1. The fourth-order valence-electron chi connectivity index (χ4n) is 8.00. The fraction of sp³-hybridized carbons (Fsp3) is 0.667. The van der Waals surface area contributed by atoms with Crippen LogP contribution in [0, 0.1) is 34.5 Å². The molecule has 1 aromatic rings. The molecule has 4 fully saturated rings. The van der Waals surface area contributed by atoms with Gasteiger partial charge in [-0.2, -0.15) is 13.2 Å². The first-order chi connectivity index (χ1) is 15.0. The van der Waals surface area contributed by atoms with Crippen molar-refractivity contribution >= 4 is 11.9 Å². The van der Waals surface area contributed by atoms with Gasteiger partial charge in [0.05, 0.1) is 11.7 Å². The normalized spacial score (nSPS) is 43.0. The summed E-state index contributed by atoms with van der Waals surface area (Å²) in [6.45, 7) is 4.56. The number of carbonyl (C=O) groups is 1. The molecule has 174 valence electrons. The van der Waals surface area contributed by atoms with E-state index in [0.717, 1.165) is 69.1 Å². The minimum atomic E-state index is -4.35. The number of alkyl halides is 3. The van der Waals surface area contributed by atoms with Gasteiger partial charge in [-0.3, -0.25) is 4.79 Å². The van der Waals surface area contributed by atoms with Gasteiger partial charge < -0.3 is 5.11 Å². The summed E-state index contributed by atoms with van der Waals surface area (Å²) in [7, 11) is 0. The van der Waals surface area contributed by atoms with E-state index in [1.54, 1.807) is 0 Å². The van der Waals surface area contributed by atoms with E-state index in [0.29, 0.717) is 29.2 Å². The Kier molecular flexibility index (Phi) is 5.16. The van der Waals surface area contributed by atoms with E-state index < -0.39 is 11.7 Å². The Morgan fingerprint density at radius 1 is 1.00 bits per heavy atom. The molecule has 1 aromatic carbocycles. The maximum absolute atomic E-state index is 13.5. The van der Waals surface area contributed by atoms with Crippen LogP contribution in [0.1, 0.15) is 76.3 Å². The van der Waals surface area contributed by atoms with E-state index in [1.165, 1.54) is 12.1 Å². The van der Waals surface area contributed by atoms with Gasteiger partial charge >= 0.3 is 6.18 Å². The first kappa shape index (κ1) is 22.2. The topological polar surface area (TPSA) is 37.3 Å². The second-order valence-electron chi connectivity index (χ2n) is 11.4. The molecule has 0 spiro atoms. The Morgan fingerprint density at radius 3 is 2.41 bits per heavy atom. The van der Waals surface area contributed by atoms with Crippen LogP contribution in [0.25, 0.3) is 6.08 Å². The molecular formula is C27H33F3O2. The van der Waals surface area contributed by atoms with Crippen LogP contribution in [0.4, 0.5) is 13.2 Å². The highest BCUT2D eigenvalue weighted by molar-refractivity contribution is 6.05. The lowest BCUT2D eigenvalue weighted by atomic mass is 9.45. The van der Waals surface area contributed by atoms with E-state index in [9.17, 15) is 23.1 Å². The molecule has 4 aliphatic carbocycles. The first-order valence-corrected chi connectivity index (χ1v) is 12.1. The molecule has 0 unspecified atom stereocenters. The molecule has 1 N–H and O–H groups in total. The second-order valence-corrected chi connectivity index (χ2v) is 11.4. The summed E-state index contributed by atoms with van der Waals surface area (Å²) in [5.41, 5.74) is 0.688. The quantitative estimate of drug-likeness (QED) is 0.489. The third-order valence-corrected chi connectivity index (χ3v) is 9.86. The predicted octanol–water partition coefficient (Wildman–Crippen LogP) is 6.67. The molecule has 0 heterocycles. The monoisotopic (exact) mass is 446 g/mol. The molecule has 32 heavy (non-hydrogen) atoms. The summed E-state index contributed by atoms with van der Waals surface area (Å²) < 4.78 is 38.6. The van der Waals surface area contributed by atoms with Gasteiger partial charge in [0.1, 0.15) is 0 Å². The van der Waals surface area contributed by atoms with Crippen LogP contribution in [0.5, 0.6) is 0 Å². The third kappa shape index (κ3) is 3.38. The SMILES string of the molecule is C[C@]12CC[C@H](O)C[C@@H]1CC[C@@H]1[C@@H]2CC[C@]2(C)C(=O)/C(=C/c3ccc(C(F)(F)F)cc3)C[C@@H]12. The van der Waals surface area contributed by atoms with Crippen molar-refractivity contribution in [3.05, 3.63) is 41.0 Å². The van der Waals surface area contributed by atoms with Crippen LogP contribution in [-0.2, 0) is 11.0 Å². The van der Waals surface area contributed by atoms with Gasteiger partial charge in [-0.15, -0.1) is 0 Å². The lowest BCUT2D eigenvalue weighted by Crippen LogP contribution is -2.54. The van der Waals surface area contributed by atoms with Gasteiger partial charge in [-0.25, -0.2) is 0 Å². The molecule has 5 heteroatoms. The van der Waals surface area contributed by atoms with Crippen molar-refractivity contribution in [3.8, 4) is 0 Å². The third-order valence-electron chi connectivity index (χ3n) is 9.86. The van der Waals surface area contributed by atoms with Crippen LogP contribution < -0.4 is 0 Å². The van der Waals surface area contributed by atoms with Crippen molar-refractivity contribution in [1.29, 1.82) is 0 Å². The molecule has 4 saturated carbocycles. The molecule has 4 aliphatic rings. The average Bonchev–Trinajstić information content (AvgIpc) is 2.99. The Hall–Kier alpha value is -1.62. The molecule has 0 saturated heterocycles. The zero-order chi connectivity index (χ0) is 22.9. The number of carbonyl (C=O) groups excluding carboxylic acids is 1. The van der Waals surface area contributed by atoms with Crippen LogP contribution in [-0.4, -0.2) is 17.0 Å². The largest absolute Gasteiger partial charge is 0.416 e. The van der Waals surface area contributed by atoms with Gasteiger partial charge in [0.15, 0.2) is 5.78 Å². The van der Waals surface area contributed by atoms with E-state index in [2.05, 4.69) is 13.8 Å². The van der Waals surface area contributed by atoms with Gasteiger partial charge in [-0.1, -0.05) is 26.0 Å². The molecule has 7 atom stereocenters. The van der Waals surface area contributed by atoms with E-state index in [4.69, 9.17) is 0 Å². The van der Waals surface area contributed by atoms with Crippen LogP contribution in [0.15, 0.2) is 29.8 Å². The number of Topliss-reactive ketones (excluding diaryl/α,β-unsaturated/α-hetero) is 1. The minimum Gasteiger partial charge on any atom is -0.393 e.